The predicted molar refractivity (Wildman–Crippen MR) is 85.5 cm³/mol. The fraction of sp³-hybridized carbons (Fsp3) is 0.294. The molecule has 20 heavy (non-hydrogen) atoms. The Hall–Kier alpha value is -1.51. The van der Waals surface area contributed by atoms with Gasteiger partial charge in [-0.1, -0.05) is 35.9 Å². The van der Waals surface area contributed by atoms with Gasteiger partial charge in [0.15, 0.2) is 0 Å². The number of aliphatic hydroxyl groups excluding tert-OH is 1. The van der Waals surface area contributed by atoms with Gasteiger partial charge in [0.05, 0.1) is 0 Å². The summed E-state index contributed by atoms with van der Waals surface area (Å²) in [6.07, 6.45) is -0.613. The van der Waals surface area contributed by atoms with Crippen molar-refractivity contribution < 1.29 is 5.11 Å². The van der Waals surface area contributed by atoms with Gasteiger partial charge in [-0.2, -0.15) is 0 Å². The third-order valence-corrected chi connectivity index (χ3v) is 3.78. The molecule has 0 bridgehead atoms. The van der Waals surface area contributed by atoms with Crippen molar-refractivity contribution in [2.75, 3.05) is 18.0 Å². The molecule has 0 radical (unpaired) electrons. The molecule has 2 aromatic rings. The first kappa shape index (κ1) is 14.9. The smallest absolute Gasteiger partial charge is 0.104 e. The number of benzene rings is 2. The molecular formula is C17H20ClNO. The maximum Gasteiger partial charge on any atom is 0.104 e. The molecule has 0 amide bonds. The fourth-order valence-corrected chi connectivity index (χ4v) is 2.42. The number of hydrogen-bond donors (Lipinski definition) is 1. The van der Waals surface area contributed by atoms with Gasteiger partial charge < -0.3 is 10.0 Å². The summed E-state index contributed by atoms with van der Waals surface area (Å²) < 4.78 is 0. The molecule has 106 valence electrons. The SMILES string of the molecule is CCN(CC)c1ccc(C(O)c2ccc(Cl)cc2)cc1. The van der Waals surface area contributed by atoms with E-state index in [1.807, 2.05) is 24.3 Å². The van der Waals surface area contributed by atoms with Crippen molar-refractivity contribution in [1.29, 1.82) is 0 Å². The third kappa shape index (κ3) is 3.33. The standard InChI is InChI=1S/C17H20ClNO/c1-3-19(4-2)16-11-7-14(8-12-16)17(20)13-5-9-15(18)10-6-13/h5-12,17,20H,3-4H2,1-2H3. The molecule has 0 aliphatic rings. The van der Waals surface area contributed by atoms with Gasteiger partial charge in [0.2, 0.25) is 0 Å². The first-order chi connectivity index (χ1) is 9.65. The van der Waals surface area contributed by atoms with Crippen molar-refractivity contribution in [3.8, 4) is 0 Å². The van der Waals surface area contributed by atoms with Crippen LogP contribution in [0.5, 0.6) is 0 Å². The molecule has 0 heterocycles. The Balaban J connectivity index is 2.19. The van der Waals surface area contributed by atoms with Crippen LogP contribution in [0.3, 0.4) is 0 Å². The molecule has 0 fully saturated rings. The lowest BCUT2D eigenvalue weighted by Crippen LogP contribution is -2.21. The van der Waals surface area contributed by atoms with Crippen molar-refractivity contribution >= 4 is 17.3 Å². The van der Waals surface area contributed by atoms with E-state index in [1.54, 1.807) is 12.1 Å². The number of anilines is 1. The van der Waals surface area contributed by atoms with E-state index in [1.165, 1.54) is 5.69 Å². The largest absolute Gasteiger partial charge is 0.384 e. The van der Waals surface area contributed by atoms with E-state index in [-0.39, 0.29) is 0 Å². The molecule has 1 unspecified atom stereocenters. The lowest BCUT2D eigenvalue weighted by Gasteiger charge is -2.21. The molecule has 0 aromatic heterocycles. The summed E-state index contributed by atoms with van der Waals surface area (Å²) in [7, 11) is 0. The van der Waals surface area contributed by atoms with Crippen LogP contribution < -0.4 is 4.90 Å². The average molecular weight is 290 g/mol. The van der Waals surface area contributed by atoms with E-state index in [4.69, 9.17) is 11.6 Å². The van der Waals surface area contributed by atoms with Crippen LogP contribution in [0.25, 0.3) is 0 Å². The number of aliphatic hydroxyl groups is 1. The Kier molecular flexibility index (Phi) is 5.05. The second-order valence-electron chi connectivity index (χ2n) is 4.72. The monoisotopic (exact) mass is 289 g/mol. The Bertz CT molecular complexity index is 532. The normalized spacial score (nSPS) is 12.2. The minimum absolute atomic E-state index is 0.613. The number of rotatable bonds is 5. The molecule has 1 atom stereocenters. The van der Waals surface area contributed by atoms with Gasteiger partial charge in [-0.15, -0.1) is 0 Å². The zero-order valence-electron chi connectivity index (χ0n) is 11.9. The van der Waals surface area contributed by atoms with Gasteiger partial charge in [0.25, 0.3) is 0 Å². The Labute approximate surface area is 125 Å². The minimum atomic E-state index is -0.613. The van der Waals surface area contributed by atoms with Crippen molar-refractivity contribution in [1.82, 2.24) is 0 Å². The van der Waals surface area contributed by atoms with Crippen molar-refractivity contribution in [2.45, 2.75) is 20.0 Å². The Morgan fingerprint density at radius 2 is 1.35 bits per heavy atom. The van der Waals surface area contributed by atoms with E-state index in [0.29, 0.717) is 5.02 Å². The van der Waals surface area contributed by atoms with Crippen LogP contribution in [0.15, 0.2) is 48.5 Å². The van der Waals surface area contributed by atoms with Crippen LogP contribution in [0.1, 0.15) is 31.1 Å². The van der Waals surface area contributed by atoms with Crippen LogP contribution in [0.4, 0.5) is 5.69 Å². The highest BCUT2D eigenvalue weighted by Crippen LogP contribution is 2.25. The third-order valence-electron chi connectivity index (χ3n) is 3.52. The van der Waals surface area contributed by atoms with Crippen molar-refractivity contribution in [3.63, 3.8) is 0 Å². The molecule has 0 spiro atoms. The van der Waals surface area contributed by atoms with Gasteiger partial charge in [0, 0.05) is 23.8 Å². The quantitative estimate of drug-likeness (QED) is 0.888. The topological polar surface area (TPSA) is 23.5 Å². The second kappa shape index (κ2) is 6.78. The molecule has 0 aliphatic heterocycles. The fourth-order valence-electron chi connectivity index (χ4n) is 2.29. The lowest BCUT2D eigenvalue weighted by atomic mass is 10.0. The number of hydrogen-bond acceptors (Lipinski definition) is 2. The summed E-state index contributed by atoms with van der Waals surface area (Å²) in [6.45, 7) is 6.24. The molecule has 0 saturated heterocycles. The first-order valence-electron chi connectivity index (χ1n) is 6.94. The average Bonchev–Trinajstić information content (AvgIpc) is 2.49. The molecule has 2 nitrogen and oxygen atoms in total. The summed E-state index contributed by atoms with van der Waals surface area (Å²) >= 11 is 5.86. The molecule has 2 rings (SSSR count). The zero-order valence-corrected chi connectivity index (χ0v) is 12.6. The maximum absolute atomic E-state index is 10.4. The molecule has 0 aliphatic carbocycles. The molecule has 0 saturated carbocycles. The van der Waals surface area contributed by atoms with E-state index < -0.39 is 6.10 Å². The summed E-state index contributed by atoms with van der Waals surface area (Å²) in [5.41, 5.74) is 2.93. The van der Waals surface area contributed by atoms with Gasteiger partial charge in [-0.05, 0) is 49.2 Å². The van der Waals surface area contributed by atoms with Crippen LogP contribution >= 0.6 is 11.6 Å². The van der Waals surface area contributed by atoms with E-state index in [0.717, 1.165) is 24.2 Å². The lowest BCUT2D eigenvalue weighted by molar-refractivity contribution is 0.220. The van der Waals surface area contributed by atoms with Crippen LogP contribution in [-0.4, -0.2) is 18.2 Å². The molecule has 1 N–H and O–H groups in total. The highest BCUT2D eigenvalue weighted by atomic mass is 35.5. The molecule has 3 heteroatoms. The summed E-state index contributed by atoms with van der Waals surface area (Å²) in [5.74, 6) is 0. The Morgan fingerprint density at radius 1 is 0.900 bits per heavy atom. The summed E-state index contributed by atoms with van der Waals surface area (Å²) in [5, 5.41) is 11.0. The molecular weight excluding hydrogens is 270 g/mol. The van der Waals surface area contributed by atoms with E-state index in [9.17, 15) is 5.11 Å². The zero-order chi connectivity index (χ0) is 14.5. The van der Waals surface area contributed by atoms with Crippen LogP contribution in [-0.2, 0) is 0 Å². The van der Waals surface area contributed by atoms with Gasteiger partial charge in [-0.25, -0.2) is 0 Å². The predicted octanol–water partition coefficient (Wildman–Crippen LogP) is 4.27. The number of nitrogens with zero attached hydrogens (tertiary/aromatic N) is 1. The maximum atomic E-state index is 10.4. The summed E-state index contributed by atoms with van der Waals surface area (Å²) in [4.78, 5) is 2.28. The van der Waals surface area contributed by atoms with Crippen molar-refractivity contribution in [2.24, 2.45) is 0 Å². The highest BCUT2D eigenvalue weighted by molar-refractivity contribution is 6.30. The summed E-state index contributed by atoms with van der Waals surface area (Å²) in [6, 6.07) is 15.4. The second-order valence-corrected chi connectivity index (χ2v) is 5.15. The van der Waals surface area contributed by atoms with Gasteiger partial charge >= 0.3 is 0 Å². The number of halogens is 1. The van der Waals surface area contributed by atoms with E-state index >= 15 is 0 Å². The van der Waals surface area contributed by atoms with Crippen LogP contribution in [0, 0.1) is 0 Å². The molecule has 2 aromatic carbocycles. The minimum Gasteiger partial charge on any atom is -0.384 e. The Morgan fingerprint density at radius 3 is 1.80 bits per heavy atom. The van der Waals surface area contributed by atoms with E-state index in [2.05, 4.69) is 30.9 Å². The van der Waals surface area contributed by atoms with Crippen LogP contribution in [0.2, 0.25) is 5.02 Å². The highest BCUT2D eigenvalue weighted by Gasteiger charge is 2.11. The van der Waals surface area contributed by atoms with Gasteiger partial charge in [-0.3, -0.25) is 0 Å². The first-order valence-corrected chi connectivity index (χ1v) is 7.32. The van der Waals surface area contributed by atoms with Crippen molar-refractivity contribution in [3.05, 3.63) is 64.7 Å². The van der Waals surface area contributed by atoms with Gasteiger partial charge in [0.1, 0.15) is 6.10 Å².